The summed E-state index contributed by atoms with van der Waals surface area (Å²) >= 11 is 2.54. The summed E-state index contributed by atoms with van der Waals surface area (Å²) in [5.41, 5.74) is 1.64. The molecule has 1 saturated carbocycles. The van der Waals surface area contributed by atoms with Gasteiger partial charge in [-0.05, 0) is 0 Å². The fraction of sp³-hybridized carbons (Fsp3) is 0.625. The van der Waals surface area contributed by atoms with E-state index in [4.69, 9.17) is 0 Å². The van der Waals surface area contributed by atoms with Gasteiger partial charge in [-0.25, -0.2) is 0 Å². The summed E-state index contributed by atoms with van der Waals surface area (Å²) in [5, 5.41) is 0. The van der Waals surface area contributed by atoms with Crippen molar-refractivity contribution in [3.63, 3.8) is 0 Å². The van der Waals surface area contributed by atoms with Gasteiger partial charge in [-0.15, -0.1) is 0 Å². The molecule has 0 radical (unpaired) electrons. The minimum absolute atomic E-state index is 1.34. The van der Waals surface area contributed by atoms with Crippen LogP contribution in [0.25, 0.3) is 0 Å². The van der Waals surface area contributed by atoms with E-state index in [1.54, 1.807) is 5.57 Å². The van der Waals surface area contributed by atoms with Gasteiger partial charge in [0, 0.05) is 0 Å². The van der Waals surface area contributed by atoms with E-state index in [0.717, 1.165) is 0 Å². The summed E-state index contributed by atoms with van der Waals surface area (Å²) in [7, 11) is 0. The van der Waals surface area contributed by atoms with Crippen LogP contribution in [0.5, 0.6) is 0 Å². The second kappa shape index (κ2) is 4.11. The van der Waals surface area contributed by atoms with Crippen LogP contribution in [0.1, 0.15) is 32.1 Å². The molecule has 0 aromatic carbocycles. The molecule has 0 aromatic rings. The minimum atomic E-state index is 1.34. The summed E-state index contributed by atoms with van der Waals surface area (Å²) in [6.45, 7) is 0. The Morgan fingerprint density at radius 2 is 1.78 bits per heavy atom. The summed E-state index contributed by atoms with van der Waals surface area (Å²) in [6.07, 6.45) is 9.18. The Labute approximate surface area is 66.5 Å². The van der Waals surface area contributed by atoms with Crippen molar-refractivity contribution < 1.29 is 17.9 Å². The monoisotopic (exact) mass is 210 g/mol. The molecule has 1 aliphatic rings. The van der Waals surface area contributed by atoms with Crippen molar-refractivity contribution in [3.8, 4) is 0 Å². The van der Waals surface area contributed by atoms with E-state index in [0.29, 0.717) is 0 Å². The van der Waals surface area contributed by atoms with E-state index in [-0.39, 0.29) is 0 Å². The zero-order valence-corrected chi connectivity index (χ0v) is 7.28. The number of rotatable bonds is 1. The van der Waals surface area contributed by atoms with Gasteiger partial charge in [0.2, 0.25) is 0 Å². The zero-order chi connectivity index (χ0) is 6.53. The molecule has 1 heteroatoms. The van der Waals surface area contributed by atoms with Crippen LogP contribution in [-0.2, 0) is 17.9 Å². The van der Waals surface area contributed by atoms with Gasteiger partial charge in [-0.3, -0.25) is 0 Å². The van der Waals surface area contributed by atoms with Gasteiger partial charge in [-0.1, -0.05) is 0 Å². The molecule has 0 aliphatic heterocycles. The van der Waals surface area contributed by atoms with Crippen molar-refractivity contribution >= 4 is 4.61 Å². The molecule has 0 saturated heterocycles. The summed E-state index contributed by atoms with van der Waals surface area (Å²) in [5.74, 6) is 0. The van der Waals surface area contributed by atoms with E-state index in [1.807, 2.05) is 0 Å². The molecule has 0 unspecified atom stereocenters. The van der Waals surface area contributed by atoms with Crippen LogP contribution >= 0.6 is 0 Å². The third kappa shape index (κ3) is 2.54. The van der Waals surface area contributed by atoms with Gasteiger partial charge in [-0.2, -0.15) is 0 Å². The van der Waals surface area contributed by atoms with Gasteiger partial charge in [0.25, 0.3) is 0 Å². The molecule has 0 bridgehead atoms. The van der Waals surface area contributed by atoms with E-state index in [2.05, 4.69) is 28.5 Å². The first-order valence-corrected chi connectivity index (χ1v) is 4.54. The van der Waals surface area contributed by atoms with E-state index in [1.165, 1.54) is 32.1 Å². The number of hydrogen-bond donors (Lipinski definition) is 0. The van der Waals surface area contributed by atoms with Crippen LogP contribution < -0.4 is 0 Å². The Balaban J connectivity index is 2.39. The fourth-order valence-electron chi connectivity index (χ4n) is 1.26. The molecular formula is C8H12Ru+. The molecule has 1 rings (SSSR count). The van der Waals surface area contributed by atoms with Gasteiger partial charge >= 0.3 is 66.2 Å². The molecule has 9 heavy (non-hydrogen) atoms. The fourth-order valence-corrected chi connectivity index (χ4v) is 1.67. The van der Waals surface area contributed by atoms with Crippen LogP contribution in [0.2, 0.25) is 0 Å². The normalized spacial score (nSPS) is 19.3. The van der Waals surface area contributed by atoms with Crippen LogP contribution in [0.15, 0.2) is 11.6 Å². The molecule has 0 spiro atoms. The van der Waals surface area contributed by atoms with Crippen molar-refractivity contribution in [2.75, 3.05) is 0 Å². The molecule has 0 amide bonds. The van der Waals surface area contributed by atoms with Crippen molar-refractivity contribution in [2.24, 2.45) is 0 Å². The van der Waals surface area contributed by atoms with Crippen LogP contribution in [0.4, 0.5) is 0 Å². The van der Waals surface area contributed by atoms with E-state index >= 15 is 0 Å². The third-order valence-corrected chi connectivity index (χ3v) is 2.08. The van der Waals surface area contributed by atoms with Crippen molar-refractivity contribution in [2.45, 2.75) is 32.1 Å². The Morgan fingerprint density at radius 3 is 2.33 bits per heavy atom. The number of allylic oxidation sites excluding steroid dienone is 2. The Kier molecular flexibility index (Phi) is 3.36. The van der Waals surface area contributed by atoms with E-state index < -0.39 is 0 Å². The first-order valence-electron chi connectivity index (χ1n) is 3.53. The maximum atomic E-state index is 2.54. The first-order chi connectivity index (χ1) is 4.43. The maximum absolute atomic E-state index is 2.54. The molecular weight excluding hydrogens is 197 g/mol. The summed E-state index contributed by atoms with van der Waals surface area (Å²) < 4.78 is 2.08. The Bertz CT molecular complexity index is 117. The molecule has 51 valence electrons. The summed E-state index contributed by atoms with van der Waals surface area (Å²) in [4.78, 5) is 0. The molecule has 0 atom stereocenters. The number of hydrogen-bond acceptors (Lipinski definition) is 0. The predicted octanol–water partition coefficient (Wildman–Crippen LogP) is 2.23. The van der Waals surface area contributed by atoms with Gasteiger partial charge in [0.05, 0.1) is 0 Å². The SMILES string of the molecule is [Ru+]=[CH]C=C1CCCCC1. The topological polar surface area (TPSA) is 0 Å². The Hall–Kier alpha value is 0.233. The molecule has 0 nitrogen and oxygen atoms in total. The van der Waals surface area contributed by atoms with Gasteiger partial charge in [0.15, 0.2) is 0 Å². The quantitative estimate of drug-likeness (QED) is 0.581. The molecule has 0 aromatic heterocycles. The standard InChI is InChI=1S/C8H12.Ru/c1-2-8-6-4-3-5-7-8;/h1-2H,3-7H2;/q;+1. The molecule has 0 heterocycles. The van der Waals surface area contributed by atoms with Gasteiger partial charge < -0.3 is 0 Å². The zero-order valence-electron chi connectivity index (χ0n) is 5.54. The van der Waals surface area contributed by atoms with E-state index in [9.17, 15) is 0 Å². The van der Waals surface area contributed by atoms with Crippen molar-refractivity contribution in [1.82, 2.24) is 0 Å². The van der Waals surface area contributed by atoms with Crippen molar-refractivity contribution in [1.29, 1.82) is 0 Å². The summed E-state index contributed by atoms with van der Waals surface area (Å²) in [6, 6.07) is 0. The molecule has 0 N–H and O–H groups in total. The first kappa shape index (κ1) is 7.34. The second-order valence-electron chi connectivity index (χ2n) is 2.50. The predicted molar refractivity (Wildman–Crippen MR) is 37.2 cm³/mol. The second-order valence-corrected chi connectivity index (χ2v) is 3.08. The third-order valence-electron chi connectivity index (χ3n) is 1.79. The van der Waals surface area contributed by atoms with Crippen molar-refractivity contribution in [3.05, 3.63) is 11.6 Å². The average Bonchev–Trinajstić information content (AvgIpc) is 1.91. The molecule has 1 aliphatic carbocycles. The van der Waals surface area contributed by atoms with Gasteiger partial charge in [0.1, 0.15) is 0 Å². The van der Waals surface area contributed by atoms with Crippen LogP contribution in [0, 0.1) is 0 Å². The van der Waals surface area contributed by atoms with Crippen LogP contribution in [-0.4, -0.2) is 4.61 Å². The molecule has 1 fully saturated rings. The van der Waals surface area contributed by atoms with Crippen LogP contribution in [0.3, 0.4) is 0 Å². The average molecular weight is 209 g/mol. The Morgan fingerprint density at radius 1 is 1.11 bits per heavy atom.